The summed E-state index contributed by atoms with van der Waals surface area (Å²) in [5, 5.41) is 13.4. The molecule has 5 rings (SSSR count). The molecule has 6 heteroatoms. The van der Waals surface area contributed by atoms with Gasteiger partial charge < -0.3 is 14.4 Å². The van der Waals surface area contributed by atoms with Gasteiger partial charge in [0.15, 0.2) is 5.43 Å². The SMILES string of the molecule is CC1(C)Cc2c3c(cc(-c4ccsc4)c2O1)-c1cc(=O)c(C(=O)O)cn1CC3. The molecule has 0 bridgehead atoms. The summed E-state index contributed by atoms with van der Waals surface area (Å²) in [7, 11) is 0. The predicted octanol–water partition coefficient (Wildman–Crippen LogP) is 4.21. The lowest BCUT2D eigenvalue weighted by Gasteiger charge is -2.25. The molecule has 0 atom stereocenters. The van der Waals surface area contributed by atoms with Crippen molar-refractivity contribution < 1.29 is 14.6 Å². The zero-order valence-corrected chi connectivity index (χ0v) is 16.4. The van der Waals surface area contributed by atoms with Crippen molar-refractivity contribution in [1.29, 1.82) is 0 Å². The Kier molecular flexibility index (Phi) is 3.58. The Morgan fingerprint density at radius 1 is 1.25 bits per heavy atom. The molecule has 1 N–H and O–H groups in total. The minimum Gasteiger partial charge on any atom is -0.487 e. The smallest absolute Gasteiger partial charge is 0.341 e. The van der Waals surface area contributed by atoms with E-state index in [1.54, 1.807) is 11.3 Å². The van der Waals surface area contributed by atoms with Gasteiger partial charge in [0.2, 0.25) is 0 Å². The lowest BCUT2D eigenvalue weighted by Crippen LogP contribution is -2.25. The number of carboxylic acid groups (broad SMARTS) is 1. The van der Waals surface area contributed by atoms with Crippen molar-refractivity contribution in [3.8, 4) is 28.1 Å². The highest BCUT2D eigenvalue weighted by Gasteiger charge is 2.36. The van der Waals surface area contributed by atoms with Crippen LogP contribution in [0, 0.1) is 0 Å². The summed E-state index contributed by atoms with van der Waals surface area (Å²) in [4.78, 5) is 23.7. The molecule has 3 aromatic rings. The van der Waals surface area contributed by atoms with E-state index in [1.165, 1.54) is 23.4 Å². The van der Waals surface area contributed by atoms with Crippen LogP contribution in [0.2, 0.25) is 0 Å². The monoisotopic (exact) mass is 393 g/mol. The molecule has 0 radical (unpaired) electrons. The molecule has 0 aliphatic carbocycles. The molecule has 0 spiro atoms. The first-order valence-electron chi connectivity index (χ1n) is 9.22. The Hall–Kier alpha value is -2.86. The van der Waals surface area contributed by atoms with Crippen LogP contribution >= 0.6 is 11.3 Å². The first kappa shape index (κ1) is 17.3. The zero-order chi connectivity index (χ0) is 19.6. The van der Waals surface area contributed by atoms with Gasteiger partial charge in [-0.05, 0) is 54.3 Å². The molecule has 0 saturated carbocycles. The summed E-state index contributed by atoms with van der Waals surface area (Å²) >= 11 is 1.63. The molecular formula is C22H19NO4S. The van der Waals surface area contributed by atoms with Gasteiger partial charge in [0.05, 0.1) is 5.69 Å². The van der Waals surface area contributed by atoms with E-state index in [4.69, 9.17) is 4.74 Å². The average molecular weight is 393 g/mol. The van der Waals surface area contributed by atoms with E-state index < -0.39 is 11.4 Å². The van der Waals surface area contributed by atoms with E-state index in [0.29, 0.717) is 6.54 Å². The van der Waals surface area contributed by atoms with Crippen LogP contribution in [0.1, 0.15) is 35.3 Å². The van der Waals surface area contributed by atoms with Gasteiger partial charge in [0, 0.05) is 41.9 Å². The molecule has 1 aromatic carbocycles. The standard InChI is InChI=1S/C22H19NO4S/c1-22(2)9-16-13-3-5-23-10-17(21(25)26)19(24)8-18(23)15(13)7-14(20(16)27-22)12-4-6-28-11-12/h4,6-8,10-11H,3,5,9H2,1-2H3,(H,25,26). The molecular weight excluding hydrogens is 374 g/mol. The van der Waals surface area contributed by atoms with Crippen molar-refractivity contribution in [1.82, 2.24) is 4.57 Å². The van der Waals surface area contributed by atoms with E-state index in [-0.39, 0.29) is 11.2 Å². The summed E-state index contributed by atoms with van der Waals surface area (Å²) in [5.41, 5.74) is 5.42. The highest BCUT2D eigenvalue weighted by Crippen LogP contribution is 2.48. The van der Waals surface area contributed by atoms with Crippen molar-refractivity contribution >= 4 is 17.3 Å². The number of benzene rings is 1. The quantitative estimate of drug-likeness (QED) is 0.708. The number of carbonyl (C=O) groups is 1. The van der Waals surface area contributed by atoms with Gasteiger partial charge in [0.25, 0.3) is 0 Å². The predicted molar refractivity (Wildman–Crippen MR) is 109 cm³/mol. The number of hydrogen-bond donors (Lipinski definition) is 1. The Bertz CT molecular complexity index is 1190. The summed E-state index contributed by atoms with van der Waals surface area (Å²) < 4.78 is 8.22. The van der Waals surface area contributed by atoms with Crippen LogP contribution in [-0.2, 0) is 19.4 Å². The fourth-order valence-corrected chi connectivity index (χ4v) is 4.99. The summed E-state index contributed by atoms with van der Waals surface area (Å²) in [5.74, 6) is -0.241. The lowest BCUT2D eigenvalue weighted by atomic mass is 9.86. The third-order valence-electron chi connectivity index (χ3n) is 5.55. The molecule has 2 aliphatic rings. The number of aryl methyl sites for hydroxylation is 1. The Balaban J connectivity index is 1.80. The maximum absolute atomic E-state index is 12.4. The number of aromatic carboxylic acids is 1. The summed E-state index contributed by atoms with van der Waals surface area (Å²) in [6.45, 7) is 4.84. The molecule has 0 saturated heterocycles. The number of fused-ring (bicyclic) bond motifs is 5. The lowest BCUT2D eigenvalue weighted by molar-refractivity contribution is 0.0694. The van der Waals surface area contributed by atoms with Crippen LogP contribution in [0.25, 0.3) is 22.4 Å². The number of thiophene rings is 1. The molecule has 2 aromatic heterocycles. The molecule has 0 unspecified atom stereocenters. The molecule has 0 fully saturated rings. The van der Waals surface area contributed by atoms with Crippen molar-refractivity contribution in [2.45, 2.75) is 38.8 Å². The molecule has 2 aliphatic heterocycles. The van der Waals surface area contributed by atoms with E-state index in [0.717, 1.165) is 41.0 Å². The van der Waals surface area contributed by atoms with Crippen LogP contribution < -0.4 is 10.2 Å². The average Bonchev–Trinajstić information content (AvgIpc) is 3.26. The second kappa shape index (κ2) is 5.82. The minimum atomic E-state index is -1.19. The van der Waals surface area contributed by atoms with Gasteiger partial charge in [-0.15, -0.1) is 0 Å². The maximum Gasteiger partial charge on any atom is 0.341 e. The second-order valence-electron chi connectivity index (χ2n) is 7.99. The molecule has 5 nitrogen and oxygen atoms in total. The van der Waals surface area contributed by atoms with Crippen molar-refractivity contribution in [2.75, 3.05) is 0 Å². The number of aromatic nitrogens is 1. The number of ether oxygens (including phenoxy) is 1. The van der Waals surface area contributed by atoms with E-state index in [9.17, 15) is 14.7 Å². The topological polar surface area (TPSA) is 68.5 Å². The van der Waals surface area contributed by atoms with Gasteiger partial charge in [-0.3, -0.25) is 4.79 Å². The van der Waals surface area contributed by atoms with E-state index in [1.807, 2.05) is 9.95 Å². The molecule has 4 heterocycles. The minimum absolute atomic E-state index is 0.184. The largest absolute Gasteiger partial charge is 0.487 e. The van der Waals surface area contributed by atoms with E-state index in [2.05, 4.69) is 31.4 Å². The third kappa shape index (κ3) is 2.52. The highest BCUT2D eigenvalue weighted by atomic mass is 32.1. The molecule has 0 amide bonds. The summed E-state index contributed by atoms with van der Waals surface area (Å²) in [6.07, 6.45) is 3.08. The zero-order valence-electron chi connectivity index (χ0n) is 15.6. The van der Waals surface area contributed by atoms with Gasteiger partial charge in [-0.1, -0.05) is 0 Å². The van der Waals surface area contributed by atoms with Crippen molar-refractivity contribution in [3.63, 3.8) is 0 Å². The number of pyridine rings is 1. The van der Waals surface area contributed by atoms with Gasteiger partial charge >= 0.3 is 5.97 Å². The Labute approximate surface area is 165 Å². The number of rotatable bonds is 2. The second-order valence-corrected chi connectivity index (χ2v) is 8.77. The van der Waals surface area contributed by atoms with Crippen molar-refractivity contribution in [2.24, 2.45) is 0 Å². The fraction of sp³-hybridized carbons (Fsp3) is 0.273. The van der Waals surface area contributed by atoms with E-state index >= 15 is 0 Å². The normalized spacial score (nSPS) is 16.1. The molecule has 142 valence electrons. The van der Waals surface area contributed by atoms with Gasteiger partial charge in [-0.25, -0.2) is 4.79 Å². The number of nitrogens with zero attached hydrogens (tertiary/aromatic N) is 1. The number of carboxylic acids is 1. The van der Waals surface area contributed by atoms with Crippen LogP contribution in [0.4, 0.5) is 0 Å². The first-order chi connectivity index (χ1) is 13.3. The summed E-state index contributed by atoms with van der Waals surface area (Å²) in [6, 6.07) is 5.64. The maximum atomic E-state index is 12.4. The number of hydrogen-bond acceptors (Lipinski definition) is 4. The fourth-order valence-electron chi connectivity index (χ4n) is 4.33. The first-order valence-corrected chi connectivity index (χ1v) is 10.2. The van der Waals surface area contributed by atoms with Crippen LogP contribution in [0.5, 0.6) is 5.75 Å². The van der Waals surface area contributed by atoms with Crippen molar-refractivity contribution in [3.05, 3.63) is 62.1 Å². The van der Waals surface area contributed by atoms with Crippen LogP contribution in [0.3, 0.4) is 0 Å². The van der Waals surface area contributed by atoms with Crippen LogP contribution in [0.15, 0.2) is 40.0 Å². The van der Waals surface area contributed by atoms with Gasteiger partial charge in [0.1, 0.15) is 16.9 Å². The third-order valence-corrected chi connectivity index (χ3v) is 6.23. The highest BCUT2D eigenvalue weighted by molar-refractivity contribution is 7.08. The van der Waals surface area contributed by atoms with Gasteiger partial charge in [-0.2, -0.15) is 11.3 Å². The van der Waals surface area contributed by atoms with Crippen LogP contribution in [-0.4, -0.2) is 21.2 Å². The Morgan fingerprint density at radius 3 is 2.79 bits per heavy atom. The Morgan fingerprint density at radius 2 is 2.07 bits per heavy atom. The molecule has 28 heavy (non-hydrogen) atoms.